The van der Waals surface area contributed by atoms with Crippen LogP contribution in [-0.4, -0.2) is 5.11 Å². The number of rotatable bonds is 1. The van der Waals surface area contributed by atoms with Gasteiger partial charge in [0, 0.05) is 10.3 Å². The molecule has 0 bridgehead atoms. The van der Waals surface area contributed by atoms with Crippen molar-refractivity contribution >= 4 is 11.3 Å². The molecule has 0 unspecified atom stereocenters. The lowest BCUT2D eigenvalue weighted by Crippen LogP contribution is -1.98. The number of aliphatic hydroxyl groups excluding tert-OH is 1. The zero-order valence-corrected chi connectivity index (χ0v) is 9.96. The van der Waals surface area contributed by atoms with Gasteiger partial charge in [0.05, 0.1) is 11.5 Å². The van der Waals surface area contributed by atoms with Gasteiger partial charge in [0.25, 0.3) is 0 Å². The number of aryl methyl sites for hydroxylation is 1. The molecule has 0 atom stereocenters. The van der Waals surface area contributed by atoms with Crippen molar-refractivity contribution < 1.29 is 5.11 Å². The summed E-state index contributed by atoms with van der Waals surface area (Å²) >= 11 is 1.58. The Hall–Kier alpha value is -0.780. The third-order valence-electron chi connectivity index (χ3n) is 1.72. The molecule has 1 nitrogen and oxygen atoms in total. The van der Waals surface area contributed by atoms with E-state index in [1.165, 1.54) is 0 Å². The molecular weight excluding hydrogens is 192 g/mol. The molecular formula is C12H16OS. The summed E-state index contributed by atoms with van der Waals surface area (Å²) in [5, 5.41) is 9.02. The van der Waals surface area contributed by atoms with Crippen LogP contribution in [0.1, 0.15) is 36.1 Å². The van der Waals surface area contributed by atoms with Gasteiger partial charge in [-0.3, -0.25) is 0 Å². The van der Waals surface area contributed by atoms with Crippen LogP contribution in [0.5, 0.6) is 0 Å². The van der Waals surface area contributed by atoms with E-state index in [1.54, 1.807) is 11.3 Å². The van der Waals surface area contributed by atoms with Gasteiger partial charge in [-0.15, -0.1) is 11.3 Å². The van der Waals surface area contributed by atoms with Gasteiger partial charge in [-0.25, -0.2) is 0 Å². The minimum atomic E-state index is 0.0390. The van der Waals surface area contributed by atoms with E-state index in [0.29, 0.717) is 0 Å². The number of hydrogen-bond acceptors (Lipinski definition) is 2. The van der Waals surface area contributed by atoms with Crippen LogP contribution < -0.4 is 0 Å². The highest BCUT2D eigenvalue weighted by molar-refractivity contribution is 7.12. The maximum absolute atomic E-state index is 9.02. The molecule has 0 spiro atoms. The fraction of sp³-hybridized carbons (Fsp3) is 0.500. The molecule has 0 aromatic carbocycles. The Morgan fingerprint density at radius 2 is 2.07 bits per heavy atom. The Bertz CT molecular complexity index is 371. The summed E-state index contributed by atoms with van der Waals surface area (Å²) < 4.78 is 0. The van der Waals surface area contributed by atoms with Gasteiger partial charge < -0.3 is 5.11 Å². The minimum Gasteiger partial charge on any atom is -0.391 e. The molecule has 0 aliphatic carbocycles. The Labute approximate surface area is 89.8 Å². The van der Waals surface area contributed by atoms with Crippen LogP contribution in [0.15, 0.2) is 6.07 Å². The molecule has 1 aromatic heterocycles. The molecule has 1 N–H and O–H groups in total. The molecule has 0 saturated heterocycles. The Balaban J connectivity index is 2.92. The van der Waals surface area contributed by atoms with Crippen molar-refractivity contribution in [1.82, 2.24) is 0 Å². The van der Waals surface area contributed by atoms with Crippen molar-refractivity contribution in [3.63, 3.8) is 0 Å². The summed E-state index contributed by atoms with van der Waals surface area (Å²) in [7, 11) is 0. The van der Waals surface area contributed by atoms with Gasteiger partial charge in [0.1, 0.15) is 0 Å². The molecule has 1 aromatic rings. The molecule has 0 amide bonds. The van der Waals surface area contributed by atoms with Crippen LogP contribution in [-0.2, 0) is 6.61 Å². The summed E-state index contributed by atoms with van der Waals surface area (Å²) in [5.74, 6) is 6.32. The topological polar surface area (TPSA) is 20.2 Å². The van der Waals surface area contributed by atoms with E-state index >= 15 is 0 Å². The van der Waals surface area contributed by atoms with Gasteiger partial charge in [0.15, 0.2) is 0 Å². The highest BCUT2D eigenvalue weighted by Crippen LogP contribution is 2.21. The maximum atomic E-state index is 9.02. The molecule has 0 radical (unpaired) electrons. The quantitative estimate of drug-likeness (QED) is 0.703. The summed E-state index contributed by atoms with van der Waals surface area (Å²) in [6, 6.07) is 2.04. The van der Waals surface area contributed by atoms with E-state index in [1.807, 2.05) is 13.0 Å². The first-order valence-corrected chi connectivity index (χ1v) is 5.47. The number of thiophene rings is 1. The van der Waals surface area contributed by atoms with Crippen molar-refractivity contribution in [2.75, 3.05) is 0 Å². The van der Waals surface area contributed by atoms with Gasteiger partial charge in [-0.05, 0) is 39.3 Å². The van der Waals surface area contributed by atoms with Crippen LogP contribution in [0.25, 0.3) is 0 Å². The maximum Gasteiger partial charge on any atom is 0.0777 e. The fourth-order valence-electron chi connectivity index (χ4n) is 0.987. The average Bonchev–Trinajstić information content (AvgIpc) is 2.42. The average molecular weight is 208 g/mol. The van der Waals surface area contributed by atoms with Crippen LogP contribution in [0, 0.1) is 24.2 Å². The minimum absolute atomic E-state index is 0.0390. The van der Waals surface area contributed by atoms with Crippen molar-refractivity contribution in [2.45, 2.75) is 34.3 Å². The summed E-state index contributed by atoms with van der Waals surface area (Å²) in [6.45, 7) is 8.40. The molecule has 0 aliphatic rings. The van der Waals surface area contributed by atoms with E-state index < -0.39 is 0 Å². The van der Waals surface area contributed by atoms with Gasteiger partial charge in [-0.2, -0.15) is 0 Å². The van der Waals surface area contributed by atoms with Crippen molar-refractivity contribution in [3.8, 4) is 11.8 Å². The van der Waals surface area contributed by atoms with Gasteiger partial charge in [-0.1, -0.05) is 11.8 Å². The second kappa shape index (κ2) is 4.16. The monoisotopic (exact) mass is 208 g/mol. The zero-order valence-electron chi connectivity index (χ0n) is 9.14. The first-order valence-electron chi connectivity index (χ1n) is 4.66. The van der Waals surface area contributed by atoms with Crippen molar-refractivity contribution in [2.24, 2.45) is 5.41 Å². The number of aliphatic hydroxyl groups is 1. The van der Waals surface area contributed by atoms with Gasteiger partial charge >= 0.3 is 0 Å². The molecule has 0 fully saturated rings. The Morgan fingerprint density at radius 1 is 1.43 bits per heavy atom. The standard InChI is InChI=1S/C12H16OS/c1-9-7-10(14-11(9)8-13)5-6-12(2,3)4/h7,13H,8H2,1-4H3. The van der Waals surface area contributed by atoms with Gasteiger partial charge in [0.2, 0.25) is 0 Å². The largest absolute Gasteiger partial charge is 0.391 e. The molecule has 0 saturated carbocycles. The molecule has 14 heavy (non-hydrogen) atoms. The summed E-state index contributed by atoms with van der Waals surface area (Å²) in [5.41, 5.74) is 1.17. The molecule has 1 rings (SSSR count). The SMILES string of the molecule is Cc1cc(C#CC(C)(C)C)sc1CO. The van der Waals surface area contributed by atoms with Crippen molar-refractivity contribution in [1.29, 1.82) is 0 Å². The third kappa shape index (κ3) is 3.17. The fourth-order valence-corrected chi connectivity index (χ4v) is 1.88. The lowest BCUT2D eigenvalue weighted by molar-refractivity contribution is 0.285. The lowest BCUT2D eigenvalue weighted by atomic mass is 9.98. The molecule has 0 aliphatic heterocycles. The summed E-state index contributed by atoms with van der Waals surface area (Å²) in [4.78, 5) is 2.06. The van der Waals surface area contributed by atoms with Crippen LogP contribution in [0.3, 0.4) is 0 Å². The smallest absolute Gasteiger partial charge is 0.0777 e. The predicted molar refractivity (Wildman–Crippen MR) is 61.3 cm³/mol. The Morgan fingerprint density at radius 3 is 2.50 bits per heavy atom. The normalized spacial score (nSPS) is 10.9. The first-order chi connectivity index (χ1) is 6.42. The highest BCUT2D eigenvalue weighted by atomic mass is 32.1. The Kier molecular flexibility index (Phi) is 3.36. The van der Waals surface area contributed by atoms with E-state index in [-0.39, 0.29) is 12.0 Å². The van der Waals surface area contributed by atoms with Crippen molar-refractivity contribution in [3.05, 3.63) is 21.4 Å². The second-order valence-corrected chi connectivity index (χ2v) is 5.51. The van der Waals surface area contributed by atoms with E-state index in [2.05, 4.69) is 32.6 Å². The van der Waals surface area contributed by atoms with Crippen LogP contribution in [0.4, 0.5) is 0 Å². The molecule has 2 heteroatoms. The second-order valence-electron chi connectivity index (χ2n) is 4.37. The van der Waals surface area contributed by atoms with Crippen LogP contribution in [0.2, 0.25) is 0 Å². The third-order valence-corrected chi connectivity index (χ3v) is 2.86. The predicted octanol–water partition coefficient (Wildman–Crippen LogP) is 2.95. The summed E-state index contributed by atoms with van der Waals surface area (Å²) in [6.07, 6.45) is 0. The number of hydrogen-bond donors (Lipinski definition) is 1. The zero-order chi connectivity index (χ0) is 10.8. The molecule has 1 heterocycles. The van der Waals surface area contributed by atoms with E-state index in [9.17, 15) is 0 Å². The molecule has 76 valence electrons. The van der Waals surface area contributed by atoms with E-state index in [0.717, 1.165) is 15.3 Å². The lowest BCUT2D eigenvalue weighted by Gasteiger charge is -2.06. The van der Waals surface area contributed by atoms with Crippen LogP contribution >= 0.6 is 11.3 Å². The van der Waals surface area contributed by atoms with E-state index in [4.69, 9.17) is 5.11 Å². The first kappa shape index (κ1) is 11.3. The highest BCUT2D eigenvalue weighted by Gasteiger charge is 2.05.